The standard InChI is InChI=1S/C20H27N5O2S/c1-12(2)13(3)21-18(27)11-28-20-24-23-19(15-8-9-15)25(20)17-7-5-6-16(10-17)22-14(4)26/h5-7,10,12-13,15H,8-9,11H2,1-4H3,(H,21,27)(H,22,26). The zero-order chi connectivity index (χ0) is 20.3. The quantitative estimate of drug-likeness (QED) is 0.662. The third-order valence-electron chi connectivity index (χ3n) is 4.75. The van der Waals surface area contributed by atoms with E-state index in [0.717, 1.165) is 30.0 Å². The van der Waals surface area contributed by atoms with Gasteiger partial charge in [0.05, 0.1) is 11.4 Å². The molecule has 7 nitrogen and oxygen atoms in total. The summed E-state index contributed by atoms with van der Waals surface area (Å²) in [6.07, 6.45) is 2.20. The Kier molecular flexibility index (Phi) is 6.39. The van der Waals surface area contributed by atoms with Crippen molar-refractivity contribution in [1.29, 1.82) is 0 Å². The number of carbonyl (C=O) groups excluding carboxylic acids is 2. The predicted molar refractivity (Wildman–Crippen MR) is 111 cm³/mol. The molecule has 1 fully saturated rings. The van der Waals surface area contributed by atoms with Crippen LogP contribution in [0.4, 0.5) is 5.69 Å². The van der Waals surface area contributed by atoms with Gasteiger partial charge in [0.2, 0.25) is 11.8 Å². The summed E-state index contributed by atoms with van der Waals surface area (Å²) >= 11 is 1.38. The molecule has 1 aromatic heterocycles. The van der Waals surface area contributed by atoms with Gasteiger partial charge in [-0.1, -0.05) is 31.7 Å². The molecule has 150 valence electrons. The summed E-state index contributed by atoms with van der Waals surface area (Å²) in [5.41, 5.74) is 1.61. The number of thioether (sulfide) groups is 1. The van der Waals surface area contributed by atoms with Crippen LogP contribution < -0.4 is 10.6 Å². The molecule has 1 aromatic carbocycles. The Morgan fingerprint density at radius 1 is 1.25 bits per heavy atom. The van der Waals surface area contributed by atoms with Crippen molar-refractivity contribution < 1.29 is 9.59 Å². The number of anilines is 1. The third kappa shape index (κ3) is 5.13. The maximum Gasteiger partial charge on any atom is 0.230 e. The van der Waals surface area contributed by atoms with Crippen molar-refractivity contribution in [3.05, 3.63) is 30.1 Å². The second kappa shape index (κ2) is 8.77. The average molecular weight is 402 g/mol. The van der Waals surface area contributed by atoms with Gasteiger partial charge >= 0.3 is 0 Å². The predicted octanol–water partition coefficient (Wildman–Crippen LogP) is 3.36. The third-order valence-corrected chi connectivity index (χ3v) is 5.68. The summed E-state index contributed by atoms with van der Waals surface area (Å²) in [6.45, 7) is 7.66. The summed E-state index contributed by atoms with van der Waals surface area (Å²) in [5.74, 6) is 1.86. The molecule has 2 N–H and O–H groups in total. The highest BCUT2D eigenvalue weighted by Gasteiger charge is 2.31. The summed E-state index contributed by atoms with van der Waals surface area (Å²) in [7, 11) is 0. The zero-order valence-corrected chi connectivity index (χ0v) is 17.5. The second-order valence-electron chi connectivity index (χ2n) is 7.57. The molecule has 28 heavy (non-hydrogen) atoms. The minimum absolute atomic E-state index is 0.0132. The summed E-state index contributed by atoms with van der Waals surface area (Å²) < 4.78 is 2.01. The molecular formula is C20H27N5O2S. The van der Waals surface area contributed by atoms with Gasteiger partial charge in [-0.15, -0.1) is 10.2 Å². The average Bonchev–Trinajstić information content (AvgIpc) is 3.39. The van der Waals surface area contributed by atoms with Gasteiger partial charge in [0.15, 0.2) is 5.16 Å². The summed E-state index contributed by atoms with van der Waals surface area (Å²) in [5, 5.41) is 15.2. The lowest BCUT2D eigenvalue weighted by Crippen LogP contribution is -2.37. The molecule has 0 bridgehead atoms. The minimum atomic E-state index is -0.117. The van der Waals surface area contributed by atoms with Gasteiger partial charge in [-0.3, -0.25) is 14.2 Å². The lowest BCUT2D eigenvalue weighted by Gasteiger charge is -2.17. The fraction of sp³-hybridized carbons (Fsp3) is 0.500. The van der Waals surface area contributed by atoms with Crippen molar-refractivity contribution in [2.24, 2.45) is 5.92 Å². The van der Waals surface area contributed by atoms with E-state index in [-0.39, 0.29) is 23.6 Å². The van der Waals surface area contributed by atoms with Crippen molar-refractivity contribution in [2.75, 3.05) is 11.1 Å². The molecule has 3 rings (SSSR count). The van der Waals surface area contributed by atoms with Crippen LogP contribution in [0.25, 0.3) is 5.69 Å². The molecule has 2 amide bonds. The van der Waals surface area contributed by atoms with Gasteiger partial charge in [-0.05, 0) is 43.9 Å². The van der Waals surface area contributed by atoms with E-state index in [9.17, 15) is 9.59 Å². The molecule has 8 heteroatoms. The Bertz CT molecular complexity index is 860. The largest absolute Gasteiger partial charge is 0.353 e. The van der Waals surface area contributed by atoms with Crippen LogP contribution in [0.1, 0.15) is 52.3 Å². The number of hydrogen-bond acceptors (Lipinski definition) is 5. The molecule has 1 heterocycles. The van der Waals surface area contributed by atoms with Crippen LogP contribution in [0.5, 0.6) is 0 Å². The Labute approximate surface area is 169 Å². The summed E-state index contributed by atoms with van der Waals surface area (Å²) in [6, 6.07) is 7.73. The number of amides is 2. The number of hydrogen-bond donors (Lipinski definition) is 2. The van der Waals surface area contributed by atoms with E-state index < -0.39 is 0 Å². The van der Waals surface area contributed by atoms with E-state index in [1.54, 1.807) is 0 Å². The Balaban J connectivity index is 1.80. The molecule has 1 aliphatic rings. The molecule has 0 saturated heterocycles. The minimum Gasteiger partial charge on any atom is -0.353 e. The first-order valence-electron chi connectivity index (χ1n) is 9.60. The molecule has 1 aliphatic carbocycles. The number of carbonyl (C=O) groups is 2. The lowest BCUT2D eigenvalue weighted by molar-refractivity contribution is -0.119. The van der Waals surface area contributed by atoms with E-state index >= 15 is 0 Å². The molecule has 1 saturated carbocycles. The van der Waals surface area contributed by atoms with Crippen LogP contribution in [-0.4, -0.2) is 38.4 Å². The first-order valence-corrected chi connectivity index (χ1v) is 10.6. The van der Waals surface area contributed by atoms with Crippen molar-refractivity contribution in [2.45, 2.75) is 57.7 Å². The number of nitrogens with one attached hydrogen (secondary N) is 2. The second-order valence-corrected chi connectivity index (χ2v) is 8.51. The Morgan fingerprint density at radius 2 is 2.00 bits per heavy atom. The van der Waals surface area contributed by atoms with Crippen LogP contribution in [0.3, 0.4) is 0 Å². The van der Waals surface area contributed by atoms with Crippen LogP contribution in [0, 0.1) is 5.92 Å². The molecule has 1 unspecified atom stereocenters. The highest BCUT2D eigenvalue weighted by atomic mass is 32.2. The topological polar surface area (TPSA) is 88.9 Å². The maximum atomic E-state index is 12.3. The zero-order valence-electron chi connectivity index (χ0n) is 16.7. The van der Waals surface area contributed by atoms with E-state index in [1.165, 1.54) is 18.7 Å². The van der Waals surface area contributed by atoms with Gasteiger partial charge in [0, 0.05) is 24.6 Å². The fourth-order valence-corrected chi connectivity index (χ4v) is 3.51. The van der Waals surface area contributed by atoms with Crippen LogP contribution in [-0.2, 0) is 9.59 Å². The number of aromatic nitrogens is 3. The van der Waals surface area contributed by atoms with Gasteiger partial charge in [0.25, 0.3) is 0 Å². The molecule has 0 aliphatic heterocycles. The fourth-order valence-electron chi connectivity index (χ4n) is 2.74. The van der Waals surface area contributed by atoms with E-state index in [0.29, 0.717) is 17.0 Å². The van der Waals surface area contributed by atoms with Gasteiger partial charge in [-0.2, -0.15) is 0 Å². The Morgan fingerprint density at radius 3 is 2.64 bits per heavy atom. The molecule has 1 atom stereocenters. The smallest absolute Gasteiger partial charge is 0.230 e. The molecule has 0 radical (unpaired) electrons. The first-order chi connectivity index (χ1) is 13.3. The number of benzene rings is 1. The molecule has 2 aromatic rings. The molecular weight excluding hydrogens is 374 g/mol. The van der Waals surface area contributed by atoms with Gasteiger partial charge < -0.3 is 10.6 Å². The maximum absolute atomic E-state index is 12.3. The normalized spacial score (nSPS) is 14.8. The van der Waals surface area contributed by atoms with Gasteiger partial charge in [0.1, 0.15) is 5.82 Å². The van der Waals surface area contributed by atoms with Crippen LogP contribution in [0.2, 0.25) is 0 Å². The van der Waals surface area contributed by atoms with Crippen molar-refractivity contribution >= 4 is 29.3 Å². The van der Waals surface area contributed by atoms with E-state index in [1.807, 2.05) is 35.8 Å². The van der Waals surface area contributed by atoms with Gasteiger partial charge in [-0.25, -0.2) is 0 Å². The number of rotatable bonds is 8. The highest BCUT2D eigenvalue weighted by Crippen LogP contribution is 2.41. The highest BCUT2D eigenvalue weighted by molar-refractivity contribution is 7.99. The SMILES string of the molecule is CC(=O)Nc1cccc(-n2c(SCC(=O)NC(C)C(C)C)nnc2C2CC2)c1. The lowest BCUT2D eigenvalue weighted by atomic mass is 10.1. The van der Waals surface area contributed by atoms with E-state index in [2.05, 4.69) is 34.7 Å². The van der Waals surface area contributed by atoms with Crippen molar-refractivity contribution in [3.8, 4) is 5.69 Å². The van der Waals surface area contributed by atoms with Crippen molar-refractivity contribution in [1.82, 2.24) is 20.1 Å². The monoisotopic (exact) mass is 401 g/mol. The van der Waals surface area contributed by atoms with Crippen LogP contribution in [0.15, 0.2) is 29.4 Å². The number of nitrogens with zero attached hydrogens (tertiary/aromatic N) is 3. The Hall–Kier alpha value is -2.35. The molecule has 0 spiro atoms. The van der Waals surface area contributed by atoms with Crippen molar-refractivity contribution in [3.63, 3.8) is 0 Å². The van der Waals surface area contributed by atoms with E-state index in [4.69, 9.17) is 0 Å². The first kappa shape index (κ1) is 20.4. The summed E-state index contributed by atoms with van der Waals surface area (Å²) in [4.78, 5) is 23.7. The van der Waals surface area contributed by atoms with Crippen LogP contribution >= 0.6 is 11.8 Å².